The second-order valence-electron chi connectivity index (χ2n) is 2.31. The Labute approximate surface area is 92.6 Å². The molecule has 13 heavy (non-hydrogen) atoms. The van der Waals surface area contributed by atoms with Crippen molar-refractivity contribution >= 4 is 34.2 Å². The zero-order valence-electron chi connectivity index (χ0n) is 6.40. The Bertz CT molecular complexity index is 320. The van der Waals surface area contributed by atoms with Crippen LogP contribution in [0.2, 0.25) is 5.15 Å². The molecule has 1 heterocycles. The lowest BCUT2D eigenvalue weighted by atomic mass is 10.2. The zero-order chi connectivity index (χ0) is 10.0. The van der Waals surface area contributed by atoms with Crippen molar-refractivity contribution in [2.24, 2.45) is 5.73 Å². The van der Waals surface area contributed by atoms with Crippen LogP contribution in [0.1, 0.15) is 17.7 Å². The van der Waals surface area contributed by atoms with E-state index < -0.39 is 6.43 Å². The number of hydrogen-bond acceptors (Lipinski definition) is 2. The molecule has 0 bridgehead atoms. The van der Waals surface area contributed by atoms with Crippen LogP contribution in [0.25, 0.3) is 0 Å². The molecule has 1 aromatic rings. The van der Waals surface area contributed by atoms with Crippen LogP contribution >= 0.6 is 34.2 Å². The quantitative estimate of drug-likeness (QED) is 0.673. The summed E-state index contributed by atoms with van der Waals surface area (Å²) in [5.41, 5.74) is 5.53. The predicted octanol–water partition coefficient (Wildman–Crippen LogP) is 2.74. The van der Waals surface area contributed by atoms with Crippen LogP contribution < -0.4 is 5.73 Å². The fourth-order valence-electron chi connectivity index (χ4n) is 0.833. The number of pyridine rings is 1. The number of rotatable bonds is 2. The number of aromatic nitrogens is 1. The van der Waals surface area contributed by atoms with E-state index in [0.717, 1.165) is 0 Å². The van der Waals surface area contributed by atoms with Gasteiger partial charge in [0.15, 0.2) is 0 Å². The molecule has 0 atom stereocenters. The SMILES string of the molecule is NCc1cc(C(F)F)c(I)c(Cl)n1. The van der Waals surface area contributed by atoms with Crippen molar-refractivity contribution in [3.05, 3.63) is 26.0 Å². The monoisotopic (exact) mass is 318 g/mol. The molecule has 0 amide bonds. The largest absolute Gasteiger partial charge is 0.325 e. The highest BCUT2D eigenvalue weighted by molar-refractivity contribution is 14.1. The highest BCUT2D eigenvalue weighted by Crippen LogP contribution is 2.29. The first-order valence-corrected chi connectivity index (χ1v) is 4.85. The van der Waals surface area contributed by atoms with Crippen molar-refractivity contribution < 1.29 is 8.78 Å². The Balaban J connectivity index is 3.25. The molecule has 1 rings (SSSR count). The molecule has 0 fully saturated rings. The van der Waals surface area contributed by atoms with Crippen LogP contribution in [0.3, 0.4) is 0 Å². The van der Waals surface area contributed by atoms with Crippen LogP contribution in [0.5, 0.6) is 0 Å². The van der Waals surface area contributed by atoms with E-state index in [1.165, 1.54) is 6.07 Å². The van der Waals surface area contributed by atoms with Crippen molar-refractivity contribution in [3.8, 4) is 0 Å². The third kappa shape index (κ3) is 2.47. The molecule has 6 heteroatoms. The molecule has 1 aromatic heterocycles. The van der Waals surface area contributed by atoms with Gasteiger partial charge in [-0.1, -0.05) is 11.6 Å². The van der Waals surface area contributed by atoms with Gasteiger partial charge in [-0.15, -0.1) is 0 Å². The van der Waals surface area contributed by atoms with E-state index in [1.54, 1.807) is 22.6 Å². The topological polar surface area (TPSA) is 38.9 Å². The number of alkyl halides is 2. The summed E-state index contributed by atoms with van der Waals surface area (Å²) in [6.45, 7) is 0.107. The smallest absolute Gasteiger partial charge is 0.265 e. The Kier molecular flexibility index (Phi) is 3.81. The molecule has 72 valence electrons. The van der Waals surface area contributed by atoms with Crippen LogP contribution in [-0.4, -0.2) is 4.98 Å². The van der Waals surface area contributed by atoms with Gasteiger partial charge in [-0.25, -0.2) is 13.8 Å². The van der Waals surface area contributed by atoms with Crippen molar-refractivity contribution in [2.75, 3.05) is 0 Å². The van der Waals surface area contributed by atoms with Gasteiger partial charge in [-0.2, -0.15) is 0 Å². The first-order valence-electron chi connectivity index (χ1n) is 3.39. The summed E-state index contributed by atoms with van der Waals surface area (Å²) in [4.78, 5) is 3.83. The molecule has 0 aromatic carbocycles. The maximum absolute atomic E-state index is 12.4. The van der Waals surface area contributed by atoms with Gasteiger partial charge < -0.3 is 5.73 Å². The second-order valence-corrected chi connectivity index (χ2v) is 3.75. The molecular formula is C7H6ClF2IN2. The third-order valence-corrected chi connectivity index (χ3v) is 3.17. The average Bonchev–Trinajstić information content (AvgIpc) is 2.09. The molecule has 0 radical (unpaired) electrons. The van der Waals surface area contributed by atoms with Gasteiger partial charge in [0.05, 0.1) is 9.26 Å². The Hall–Kier alpha value is -0.0100. The van der Waals surface area contributed by atoms with E-state index in [-0.39, 0.29) is 20.8 Å². The summed E-state index contributed by atoms with van der Waals surface area (Å²) >= 11 is 7.37. The lowest BCUT2D eigenvalue weighted by Crippen LogP contribution is -2.03. The molecule has 0 aliphatic rings. The molecule has 0 aliphatic heterocycles. The summed E-state index contributed by atoms with van der Waals surface area (Å²) in [6.07, 6.45) is -2.54. The summed E-state index contributed by atoms with van der Waals surface area (Å²) in [5.74, 6) is 0. The van der Waals surface area contributed by atoms with Crippen molar-refractivity contribution in [2.45, 2.75) is 13.0 Å². The molecule has 0 saturated heterocycles. The molecule has 0 spiro atoms. The van der Waals surface area contributed by atoms with Crippen molar-refractivity contribution in [1.82, 2.24) is 4.98 Å². The van der Waals surface area contributed by atoms with E-state index in [4.69, 9.17) is 17.3 Å². The molecule has 2 nitrogen and oxygen atoms in total. The molecule has 0 unspecified atom stereocenters. The van der Waals surface area contributed by atoms with E-state index in [0.29, 0.717) is 5.69 Å². The van der Waals surface area contributed by atoms with Gasteiger partial charge in [0.2, 0.25) is 0 Å². The van der Waals surface area contributed by atoms with Crippen molar-refractivity contribution in [3.63, 3.8) is 0 Å². The average molecular weight is 318 g/mol. The number of nitrogens with zero attached hydrogens (tertiary/aromatic N) is 1. The predicted molar refractivity (Wildman–Crippen MR) is 54.8 cm³/mol. The Morgan fingerprint density at radius 3 is 2.69 bits per heavy atom. The lowest BCUT2D eigenvalue weighted by Gasteiger charge is -2.06. The zero-order valence-corrected chi connectivity index (χ0v) is 9.31. The first-order chi connectivity index (χ1) is 6.06. The van der Waals surface area contributed by atoms with Gasteiger partial charge >= 0.3 is 0 Å². The van der Waals surface area contributed by atoms with Crippen LogP contribution in [0.15, 0.2) is 6.07 Å². The fraction of sp³-hybridized carbons (Fsp3) is 0.286. The molecule has 0 saturated carbocycles. The van der Waals surface area contributed by atoms with E-state index in [2.05, 4.69) is 4.98 Å². The number of nitrogens with two attached hydrogens (primary N) is 1. The summed E-state index contributed by atoms with van der Waals surface area (Å²) in [7, 11) is 0. The van der Waals surface area contributed by atoms with Gasteiger partial charge in [-0.3, -0.25) is 0 Å². The molecule has 2 N–H and O–H groups in total. The van der Waals surface area contributed by atoms with Crippen LogP contribution in [0, 0.1) is 3.57 Å². The van der Waals surface area contributed by atoms with E-state index in [9.17, 15) is 8.78 Å². The Morgan fingerprint density at radius 1 is 1.62 bits per heavy atom. The third-order valence-electron chi connectivity index (χ3n) is 1.44. The maximum Gasteiger partial charge on any atom is 0.265 e. The first kappa shape index (κ1) is 11.1. The summed E-state index contributed by atoms with van der Waals surface area (Å²) in [6, 6.07) is 1.28. The van der Waals surface area contributed by atoms with Gasteiger partial charge in [0.25, 0.3) is 6.43 Å². The minimum atomic E-state index is -2.54. The van der Waals surface area contributed by atoms with Gasteiger partial charge in [-0.05, 0) is 28.7 Å². The summed E-state index contributed by atoms with van der Waals surface area (Å²) < 4.78 is 25.1. The number of hydrogen-bond donors (Lipinski definition) is 1. The van der Waals surface area contributed by atoms with Crippen molar-refractivity contribution in [1.29, 1.82) is 0 Å². The fourth-order valence-corrected chi connectivity index (χ4v) is 1.56. The molecule has 0 aliphatic carbocycles. The molecular weight excluding hydrogens is 312 g/mol. The Morgan fingerprint density at radius 2 is 2.23 bits per heavy atom. The lowest BCUT2D eigenvalue weighted by molar-refractivity contribution is 0.150. The van der Waals surface area contributed by atoms with E-state index >= 15 is 0 Å². The normalized spacial score (nSPS) is 10.9. The van der Waals surface area contributed by atoms with Crippen LogP contribution in [0.4, 0.5) is 8.78 Å². The minimum absolute atomic E-state index is 0.0823. The minimum Gasteiger partial charge on any atom is -0.325 e. The highest BCUT2D eigenvalue weighted by atomic mass is 127. The van der Waals surface area contributed by atoms with Crippen LogP contribution in [-0.2, 0) is 6.54 Å². The number of halogens is 4. The standard InChI is InChI=1S/C7H6ClF2IN2/c8-6-5(11)4(7(9)10)1-3(2-12)13-6/h1,7H,2,12H2. The van der Waals surface area contributed by atoms with Gasteiger partial charge in [0.1, 0.15) is 5.15 Å². The second kappa shape index (κ2) is 4.47. The maximum atomic E-state index is 12.4. The van der Waals surface area contributed by atoms with E-state index in [1.807, 2.05) is 0 Å². The summed E-state index contributed by atoms with van der Waals surface area (Å²) in [5, 5.41) is 0.0823. The van der Waals surface area contributed by atoms with Gasteiger partial charge in [0, 0.05) is 12.1 Å². The highest BCUT2D eigenvalue weighted by Gasteiger charge is 2.15.